The minimum atomic E-state index is -0.0994. The second-order valence-corrected chi connectivity index (χ2v) is 6.27. The predicted octanol–water partition coefficient (Wildman–Crippen LogP) is 1.70. The molecule has 0 unspecified atom stereocenters. The summed E-state index contributed by atoms with van der Waals surface area (Å²) in [6.07, 6.45) is 0.846. The van der Waals surface area contributed by atoms with Crippen molar-refractivity contribution in [3.63, 3.8) is 0 Å². The maximum Gasteiger partial charge on any atom is 0.233 e. The maximum atomic E-state index is 11.4. The fraction of sp³-hybridized carbons (Fsp3) is 0.923. The summed E-state index contributed by atoms with van der Waals surface area (Å²) in [6, 6.07) is 0. The van der Waals surface area contributed by atoms with Gasteiger partial charge in [0, 0.05) is 18.7 Å². The first-order valence-corrected chi connectivity index (χ1v) is 6.26. The summed E-state index contributed by atoms with van der Waals surface area (Å²) >= 11 is 0. The molecule has 0 saturated carbocycles. The fourth-order valence-electron chi connectivity index (χ4n) is 1.09. The van der Waals surface area contributed by atoms with Crippen molar-refractivity contribution in [2.75, 3.05) is 19.7 Å². The Labute approximate surface area is 105 Å². The Morgan fingerprint density at radius 2 is 1.71 bits per heavy atom. The highest BCUT2D eigenvalue weighted by Crippen LogP contribution is 2.06. The average molecular weight is 244 g/mol. The van der Waals surface area contributed by atoms with Crippen LogP contribution in [-0.2, 0) is 9.53 Å². The van der Waals surface area contributed by atoms with E-state index in [0.717, 1.165) is 6.42 Å². The number of hydrogen-bond donors (Lipinski definition) is 2. The van der Waals surface area contributed by atoms with E-state index in [1.807, 2.05) is 41.5 Å². The highest BCUT2D eigenvalue weighted by Gasteiger charge is 2.11. The van der Waals surface area contributed by atoms with E-state index in [2.05, 4.69) is 10.6 Å². The highest BCUT2D eigenvalue weighted by molar-refractivity contribution is 5.78. The van der Waals surface area contributed by atoms with Crippen molar-refractivity contribution in [3.05, 3.63) is 0 Å². The van der Waals surface area contributed by atoms with Crippen LogP contribution in [0.15, 0.2) is 0 Å². The molecule has 0 heterocycles. The van der Waals surface area contributed by atoms with Gasteiger partial charge in [-0.25, -0.2) is 0 Å². The Bertz CT molecular complexity index is 227. The summed E-state index contributed by atoms with van der Waals surface area (Å²) in [5, 5.41) is 6.00. The SMILES string of the molecule is CC(C)(C)NCC(=O)NCCCOC(C)(C)C. The van der Waals surface area contributed by atoms with Gasteiger partial charge in [0.25, 0.3) is 0 Å². The predicted molar refractivity (Wildman–Crippen MR) is 71.1 cm³/mol. The largest absolute Gasteiger partial charge is 0.376 e. The lowest BCUT2D eigenvalue weighted by molar-refractivity contribution is -0.120. The standard InChI is InChI=1S/C13H28N2O2/c1-12(2,3)15-10-11(16)14-8-7-9-17-13(4,5)6/h15H,7-10H2,1-6H3,(H,14,16). The monoisotopic (exact) mass is 244 g/mol. The van der Waals surface area contributed by atoms with Crippen LogP contribution < -0.4 is 10.6 Å². The highest BCUT2D eigenvalue weighted by atomic mass is 16.5. The van der Waals surface area contributed by atoms with Crippen LogP contribution in [0.2, 0.25) is 0 Å². The topological polar surface area (TPSA) is 50.4 Å². The van der Waals surface area contributed by atoms with Crippen molar-refractivity contribution in [2.45, 2.75) is 59.1 Å². The zero-order chi connectivity index (χ0) is 13.5. The molecule has 0 aliphatic heterocycles. The first kappa shape index (κ1) is 16.4. The minimum Gasteiger partial charge on any atom is -0.376 e. The Morgan fingerprint density at radius 1 is 1.12 bits per heavy atom. The molecule has 0 aromatic heterocycles. The van der Waals surface area contributed by atoms with Gasteiger partial charge in [-0.15, -0.1) is 0 Å². The van der Waals surface area contributed by atoms with Crippen molar-refractivity contribution >= 4 is 5.91 Å². The molecular weight excluding hydrogens is 216 g/mol. The van der Waals surface area contributed by atoms with Gasteiger partial charge in [-0.2, -0.15) is 0 Å². The number of hydrogen-bond acceptors (Lipinski definition) is 3. The van der Waals surface area contributed by atoms with E-state index >= 15 is 0 Å². The van der Waals surface area contributed by atoms with E-state index in [0.29, 0.717) is 19.7 Å². The lowest BCUT2D eigenvalue weighted by atomic mass is 10.1. The van der Waals surface area contributed by atoms with Crippen molar-refractivity contribution < 1.29 is 9.53 Å². The Kier molecular flexibility index (Phi) is 6.72. The van der Waals surface area contributed by atoms with E-state index in [4.69, 9.17) is 4.74 Å². The number of ether oxygens (including phenoxy) is 1. The van der Waals surface area contributed by atoms with Crippen LogP contribution >= 0.6 is 0 Å². The van der Waals surface area contributed by atoms with Gasteiger partial charge in [-0.05, 0) is 48.0 Å². The lowest BCUT2D eigenvalue weighted by Crippen LogP contribution is -2.43. The van der Waals surface area contributed by atoms with Gasteiger partial charge in [-0.3, -0.25) is 4.79 Å². The smallest absolute Gasteiger partial charge is 0.233 e. The molecular formula is C13H28N2O2. The summed E-state index contributed by atoms with van der Waals surface area (Å²) < 4.78 is 5.56. The summed E-state index contributed by atoms with van der Waals surface area (Å²) in [6.45, 7) is 13.9. The van der Waals surface area contributed by atoms with Crippen LogP contribution in [0, 0.1) is 0 Å². The molecule has 4 heteroatoms. The van der Waals surface area contributed by atoms with Crippen molar-refractivity contribution in [1.82, 2.24) is 10.6 Å². The molecule has 4 nitrogen and oxygen atoms in total. The molecule has 17 heavy (non-hydrogen) atoms. The second kappa shape index (κ2) is 6.97. The zero-order valence-corrected chi connectivity index (χ0v) is 12.1. The summed E-state index contributed by atoms with van der Waals surface area (Å²) in [7, 11) is 0. The molecule has 1 amide bonds. The Balaban J connectivity index is 3.47. The van der Waals surface area contributed by atoms with E-state index < -0.39 is 0 Å². The molecule has 0 fully saturated rings. The molecule has 0 aliphatic rings. The molecule has 0 bridgehead atoms. The van der Waals surface area contributed by atoms with Crippen molar-refractivity contribution in [1.29, 1.82) is 0 Å². The molecule has 0 radical (unpaired) electrons. The third-order valence-corrected chi connectivity index (χ3v) is 1.96. The third-order valence-electron chi connectivity index (χ3n) is 1.96. The first-order chi connectivity index (χ1) is 7.60. The molecule has 0 aromatic rings. The van der Waals surface area contributed by atoms with Crippen LogP contribution in [0.4, 0.5) is 0 Å². The number of carbonyl (C=O) groups excluding carboxylic acids is 1. The van der Waals surface area contributed by atoms with Crippen LogP contribution in [0.3, 0.4) is 0 Å². The van der Waals surface area contributed by atoms with Crippen LogP contribution in [0.5, 0.6) is 0 Å². The summed E-state index contributed by atoms with van der Waals surface area (Å²) in [5.74, 6) is 0.0377. The second-order valence-electron chi connectivity index (χ2n) is 6.27. The zero-order valence-electron chi connectivity index (χ0n) is 12.1. The molecule has 102 valence electrons. The van der Waals surface area contributed by atoms with Gasteiger partial charge in [0.2, 0.25) is 5.91 Å². The van der Waals surface area contributed by atoms with Crippen LogP contribution in [0.25, 0.3) is 0 Å². The molecule has 0 atom stereocenters. The van der Waals surface area contributed by atoms with E-state index in [1.165, 1.54) is 0 Å². The number of rotatable bonds is 6. The van der Waals surface area contributed by atoms with Gasteiger partial charge in [-0.1, -0.05) is 0 Å². The van der Waals surface area contributed by atoms with E-state index in [1.54, 1.807) is 0 Å². The fourth-order valence-corrected chi connectivity index (χ4v) is 1.09. The minimum absolute atomic E-state index is 0.0211. The number of amides is 1. The lowest BCUT2D eigenvalue weighted by Gasteiger charge is -2.20. The Hall–Kier alpha value is -0.610. The maximum absolute atomic E-state index is 11.4. The molecule has 0 rings (SSSR count). The molecule has 0 aliphatic carbocycles. The van der Waals surface area contributed by atoms with Crippen LogP contribution in [0.1, 0.15) is 48.0 Å². The number of nitrogens with one attached hydrogen (secondary N) is 2. The van der Waals surface area contributed by atoms with Gasteiger partial charge < -0.3 is 15.4 Å². The first-order valence-electron chi connectivity index (χ1n) is 6.26. The molecule has 0 aromatic carbocycles. The summed E-state index contributed by atoms with van der Waals surface area (Å²) in [4.78, 5) is 11.4. The average Bonchev–Trinajstić information content (AvgIpc) is 2.11. The molecule has 2 N–H and O–H groups in total. The van der Waals surface area contributed by atoms with Crippen molar-refractivity contribution in [2.24, 2.45) is 0 Å². The Morgan fingerprint density at radius 3 is 2.18 bits per heavy atom. The normalized spacial score (nSPS) is 12.6. The van der Waals surface area contributed by atoms with Gasteiger partial charge in [0.05, 0.1) is 12.1 Å². The third kappa shape index (κ3) is 13.3. The molecule has 0 saturated heterocycles. The molecule has 0 spiro atoms. The van der Waals surface area contributed by atoms with Gasteiger partial charge in [0.1, 0.15) is 0 Å². The van der Waals surface area contributed by atoms with Gasteiger partial charge >= 0.3 is 0 Å². The number of carbonyl (C=O) groups is 1. The van der Waals surface area contributed by atoms with E-state index in [-0.39, 0.29) is 17.0 Å². The van der Waals surface area contributed by atoms with Crippen LogP contribution in [-0.4, -0.2) is 36.7 Å². The van der Waals surface area contributed by atoms with Gasteiger partial charge in [0.15, 0.2) is 0 Å². The van der Waals surface area contributed by atoms with E-state index in [9.17, 15) is 4.79 Å². The quantitative estimate of drug-likeness (QED) is 0.699. The van der Waals surface area contributed by atoms with Crippen molar-refractivity contribution in [3.8, 4) is 0 Å². The summed E-state index contributed by atoms with van der Waals surface area (Å²) in [5.41, 5.74) is -0.121.